The minimum absolute atomic E-state index is 0.00383. The maximum absolute atomic E-state index is 12.5. The van der Waals surface area contributed by atoms with Gasteiger partial charge < -0.3 is 14.2 Å². The van der Waals surface area contributed by atoms with Crippen LogP contribution in [0.5, 0.6) is 0 Å². The second kappa shape index (κ2) is 5.35. The van der Waals surface area contributed by atoms with E-state index >= 15 is 0 Å². The molecule has 118 valence electrons. The van der Waals surface area contributed by atoms with E-state index in [0.29, 0.717) is 5.69 Å². The summed E-state index contributed by atoms with van der Waals surface area (Å²) in [5.41, 5.74) is 0.533. The highest BCUT2D eigenvalue weighted by molar-refractivity contribution is 6.62. The van der Waals surface area contributed by atoms with Crippen molar-refractivity contribution in [2.75, 3.05) is 13.1 Å². The number of likely N-dealkylation sites (tertiary alicyclic amines) is 1. The molecular weight excluding hydrogens is 279 g/mol. The Morgan fingerprint density at radius 2 is 1.77 bits per heavy atom. The van der Waals surface area contributed by atoms with Crippen molar-refractivity contribution in [1.82, 2.24) is 9.88 Å². The van der Waals surface area contributed by atoms with Gasteiger partial charge in [0.05, 0.1) is 11.2 Å². The Hall–Kier alpha value is -1.40. The molecule has 0 aliphatic carbocycles. The molecule has 2 aliphatic heterocycles. The fraction of sp³-hybridized carbons (Fsp3) is 0.625. The summed E-state index contributed by atoms with van der Waals surface area (Å²) < 4.78 is 12.1. The molecule has 1 aromatic rings. The van der Waals surface area contributed by atoms with Crippen LogP contribution in [0.25, 0.3) is 0 Å². The molecule has 2 fully saturated rings. The van der Waals surface area contributed by atoms with Crippen molar-refractivity contribution in [1.29, 1.82) is 0 Å². The topological polar surface area (TPSA) is 51.7 Å². The van der Waals surface area contributed by atoms with Crippen LogP contribution in [0.1, 0.15) is 51.0 Å². The van der Waals surface area contributed by atoms with Crippen LogP contribution >= 0.6 is 0 Å². The van der Waals surface area contributed by atoms with E-state index in [0.717, 1.165) is 31.4 Å². The van der Waals surface area contributed by atoms with E-state index in [1.54, 1.807) is 12.3 Å². The van der Waals surface area contributed by atoms with Gasteiger partial charge in [0.1, 0.15) is 5.69 Å². The van der Waals surface area contributed by atoms with E-state index in [2.05, 4.69) is 4.98 Å². The van der Waals surface area contributed by atoms with E-state index < -0.39 is 7.12 Å². The molecule has 1 aromatic heterocycles. The average Bonchev–Trinajstić information content (AvgIpc) is 3.05. The van der Waals surface area contributed by atoms with Crippen molar-refractivity contribution in [3.05, 3.63) is 24.0 Å². The van der Waals surface area contributed by atoms with Gasteiger partial charge in [-0.15, -0.1) is 0 Å². The number of hydrogen-bond acceptors (Lipinski definition) is 4. The lowest BCUT2D eigenvalue weighted by Gasteiger charge is -2.32. The fourth-order valence-electron chi connectivity index (χ4n) is 2.77. The van der Waals surface area contributed by atoms with Crippen LogP contribution < -0.4 is 5.46 Å². The molecule has 0 spiro atoms. The minimum Gasteiger partial charge on any atom is -0.399 e. The van der Waals surface area contributed by atoms with Crippen LogP contribution in [0.4, 0.5) is 0 Å². The molecule has 2 aliphatic rings. The third-order valence-electron chi connectivity index (χ3n) is 4.92. The van der Waals surface area contributed by atoms with Crippen LogP contribution in [0.2, 0.25) is 0 Å². The van der Waals surface area contributed by atoms with Crippen molar-refractivity contribution in [2.24, 2.45) is 0 Å². The molecule has 22 heavy (non-hydrogen) atoms. The van der Waals surface area contributed by atoms with E-state index in [1.807, 2.05) is 38.7 Å². The lowest BCUT2D eigenvalue weighted by atomic mass is 9.79. The summed E-state index contributed by atoms with van der Waals surface area (Å²) in [6.45, 7) is 9.71. The lowest BCUT2D eigenvalue weighted by Crippen LogP contribution is -2.41. The Morgan fingerprint density at radius 1 is 1.18 bits per heavy atom. The standard InChI is InChI=1S/C16H23BN2O3/c1-15(2)16(3,4)22-17(21-15)12-7-8-18-13(11-12)14(20)19-9-5-6-10-19/h7-8,11H,5-6,9-10H2,1-4H3. The van der Waals surface area contributed by atoms with Gasteiger partial charge in [-0.25, -0.2) is 0 Å². The van der Waals surface area contributed by atoms with Crippen molar-refractivity contribution < 1.29 is 14.1 Å². The number of carbonyl (C=O) groups excluding carboxylic acids is 1. The second-order valence-electron chi connectivity index (χ2n) is 7.06. The van der Waals surface area contributed by atoms with E-state index in [4.69, 9.17) is 9.31 Å². The van der Waals surface area contributed by atoms with Crippen LogP contribution in [-0.4, -0.2) is 47.2 Å². The van der Waals surface area contributed by atoms with Gasteiger partial charge in [0.15, 0.2) is 0 Å². The van der Waals surface area contributed by atoms with Crippen molar-refractivity contribution >= 4 is 18.5 Å². The zero-order chi connectivity index (χ0) is 16.0. The maximum Gasteiger partial charge on any atom is 0.494 e. The van der Waals surface area contributed by atoms with Gasteiger partial charge in [-0.3, -0.25) is 9.78 Å². The number of carbonyl (C=O) groups is 1. The SMILES string of the molecule is CC1(C)OB(c2ccnc(C(=O)N3CCCC3)c2)OC1(C)C. The Morgan fingerprint density at radius 3 is 2.36 bits per heavy atom. The Bertz CT molecular complexity index is 567. The first-order valence-corrected chi connectivity index (χ1v) is 7.91. The minimum atomic E-state index is -0.460. The molecule has 0 N–H and O–H groups in total. The number of pyridine rings is 1. The summed E-state index contributed by atoms with van der Waals surface area (Å²) in [5.74, 6) is -0.00383. The third kappa shape index (κ3) is 2.65. The normalized spacial score (nSPS) is 23.1. The van der Waals surface area contributed by atoms with Crippen LogP contribution in [0.3, 0.4) is 0 Å². The largest absolute Gasteiger partial charge is 0.494 e. The van der Waals surface area contributed by atoms with Gasteiger partial charge in [-0.2, -0.15) is 0 Å². The van der Waals surface area contributed by atoms with Crippen LogP contribution in [0.15, 0.2) is 18.3 Å². The quantitative estimate of drug-likeness (QED) is 0.779. The summed E-state index contributed by atoms with van der Waals surface area (Å²) >= 11 is 0. The van der Waals surface area contributed by atoms with Gasteiger partial charge in [0.25, 0.3) is 5.91 Å². The fourth-order valence-corrected chi connectivity index (χ4v) is 2.77. The molecule has 2 saturated heterocycles. The van der Waals surface area contributed by atoms with Crippen molar-refractivity contribution in [2.45, 2.75) is 51.7 Å². The summed E-state index contributed by atoms with van der Waals surface area (Å²) in [5, 5.41) is 0. The first-order valence-electron chi connectivity index (χ1n) is 7.91. The van der Waals surface area contributed by atoms with Crippen molar-refractivity contribution in [3.8, 4) is 0 Å². The first-order chi connectivity index (χ1) is 10.3. The molecular formula is C16H23BN2O3. The molecule has 3 heterocycles. The Kier molecular flexibility index (Phi) is 3.77. The smallest absolute Gasteiger partial charge is 0.399 e. The van der Waals surface area contributed by atoms with Gasteiger partial charge in [0.2, 0.25) is 0 Å². The highest BCUT2D eigenvalue weighted by Crippen LogP contribution is 2.36. The average molecular weight is 302 g/mol. The van der Waals surface area contributed by atoms with Gasteiger partial charge in [0, 0.05) is 19.3 Å². The second-order valence-corrected chi connectivity index (χ2v) is 7.06. The number of hydrogen-bond donors (Lipinski definition) is 0. The van der Waals surface area contributed by atoms with Gasteiger partial charge in [-0.05, 0) is 58.1 Å². The zero-order valence-electron chi connectivity index (χ0n) is 13.8. The molecule has 0 radical (unpaired) electrons. The first kappa shape index (κ1) is 15.5. The number of amides is 1. The molecule has 0 unspecified atom stereocenters. The van der Waals surface area contributed by atoms with Crippen LogP contribution in [0, 0.1) is 0 Å². The third-order valence-corrected chi connectivity index (χ3v) is 4.92. The monoisotopic (exact) mass is 302 g/mol. The molecule has 6 heteroatoms. The van der Waals surface area contributed by atoms with E-state index in [9.17, 15) is 4.79 Å². The molecule has 0 saturated carbocycles. The summed E-state index contributed by atoms with van der Waals surface area (Å²) in [4.78, 5) is 18.5. The molecule has 0 bridgehead atoms. The van der Waals surface area contributed by atoms with Crippen LogP contribution in [-0.2, 0) is 9.31 Å². The highest BCUT2D eigenvalue weighted by atomic mass is 16.7. The predicted octanol–water partition coefficient (Wildman–Crippen LogP) is 1.62. The summed E-state index contributed by atoms with van der Waals surface area (Å²) in [7, 11) is -0.460. The molecule has 0 aromatic carbocycles. The summed E-state index contributed by atoms with van der Waals surface area (Å²) in [6.07, 6.45) is 3.80. The highest BCUT2D eigenvalue weighted by Gasteiger charge is 2.51. The Balaban J connectivity index is 1.82. The van der Waals surface area contributed by atoms with Gasteiger partial charge in [-0.1, -0.05) is 0 Å². The summed E-state index contributed by atoms with van der Waals surface area (Å²) in [6, 6.07) is 3.64. The van der Waals surface area contributed by atoms with Gasteiger partial charge >= 0.3 is 7.12 Å². The predicted molar refractivity (Wildman–Crippen MR) is 85.1 cm³/mol. The van der Waals surface area contributed by atoms with E-state index in [1.165, 1.54) is 0 Å². The molecule has 3 rings (SSSR count). The molecule has 5 nitrogen and oxygen atoms in total. The molecule has 1 amide bonds. The number of rotatable bonds is 2. The number of nitrogens with zero attached hydrogens (tertiary/aromatic N) is 2. The molecule has 0 atom stereocenters. The number of aromatic nitrogens is 1. The van der Waals surface area contributed by atoms with E-state index in [-0.39, 0.29) is 17.1 Å². The Labute approximate surface area is 132 Å². The zero-order valence-corrected chi connectivity index (χ0v) is 13.8. The lowest BCUT2D eigenvalue weighted by molar-refractivity contribution is 0.00578. The van der Waals surface area contributed by atoms with Crippen molar-refractivity contribution in [3.63, 3.8) is 0 Å². The maximum atomic E-state index is 12.5.